The van der Waals surface area contributed by atoms with Crippen molar-refractivity contribution in [2.45, 2.75) is 97.4 Å². The van der Waals surface area contributed by atoms with Crippen LogP contribution in [0.3, 0.4) is 0 Å². The number of ketones is 1. The van der Waals surface area contributed by atoms with Crippen molar-refractivity contribution in [3.63, 3.8) is 0 Å². The Hall–Kier alpha value is -0.153. The van der Waals surface area contributed by atoms with E-state index in [1.165, 1.54) is 44.9 Å². The Balaban J connectivity index is 1.52. The van der Waals surface area contributed by atoms with Crippen molar-refractivity contribution in [3.8, 4) is 0 Å². The van der Waals surface area contributed by atoms with Gasteiger partial charge in [-0.25, -0.2) is 0 Å². The molecule has 0 aliphatic heterocycles. The summed E-state index contributed by atoms with van der Waals surface area (Å²) in [5.41, 5.74) is 0.539. The first kappa shape index (κ1) is 18.2. The highest BCUT2D eigenvalue weighted by Crippen LogP contribution is 2.65. The summed E-state index contributed by atoms with van der Waals surface area (Å²) in [5.74, 6) is 3.80. The van der Waals surface area contributed by atoms with Crippen LogP contribution in [0.1, 0.15) is 71.6 Å². The van der Waals surface area contributed by atoms with Crippen molar-refractivity contribution < 1.29 is 9.22 Å². The molecule has 4 fully saturated rings. The van der Waals surface area contributed by atoms with Gasteiger partial charge in [0.15, 0.2) is 8.32 Å². The molecule has 0 saturated heterocycles. The number of rotatable bonds is 2. The lowest BCUT2D eigenvalue weighted by molar-refractivity contribution is -0.141. The number of hydrogen-bond acceptors (Lipinski definition) is 2. The first-order chi connectivity index (χ1) is 11.6. The molecule has 2 nitrogen and oxygen atoms in total. The molecule has 0 spiro atoms. The lowest BCUT2D eigenvalue weighted by atomic mass is 9.45. The van der Waals surface area contributed by atoms with Crippen molar-refractivity contribution in [1.29, 1.82) is 0 Å². The van der Waals surface area contributed by atoms with E-state index in [1.54, 1.807) is 0 Å². The molecule has 0 N–H and O–H groups in total. The van der Waals surface area contributed by atoms with Crippen LogP contribution in [0.2, 0.25) is 19.6 Å². The van der Waals surface area contributed by atoms with E-state index >= 15 is 0 Å². The number of fused-ring (bicyclic) bond motifs is 5. The van der Waals surface area contributed by atoms with Crippen LogP contribution in [-0.4, -0.2) is 20.2 Å². The van der Waals surface area contributed by atoms with E-state index < -0.39 is 8.32 Å². The second kappa shape index (κ2) is 5.92. The summed E-state index contributed by atoms with van der Waals surface area (Å²) in [6.07, 6.45) is 11.7. The topological polar surface area (TPSA) is 26.3 Å². The average molecular weight is 363 g/mol. The molecule has 0 aromatic heterocycles. The van der Waals surface area contributed by atoms with Crippen molar-refractivity contribution >= 4 is 14.1 Å². The van der Waals surface area contributed by atoms with Gasteiger partial charge in [0.05, 0.1) is 0 Å². The van der Waals surface area contributed by atoms with Gasteiger partial charge in [-0.05, 0) is 100 Å². The molecule has 0 bridgehead atoms. The number of Topliss-reactive ketones (excluding diaryl/α,β-unsaturated/α-hetero) is 1. The van der Waals surface area contributed by atoms with E-state index in [9.17, 15) is 4.79 Å². The third kappa shape index (κ3) is 2.88. The maximum absolute atomic E-state index is 12.5. The number of carbonyl (C=O) groups excluding carboxylic acids is 1. The van der Waals surface area contributed by atoms with Gasteiger partial charge in [-0.2, -0.15) is 0 Å². The maximum Gasteiger partial charge on any atom is 0.184 e. The first-order valence-corrected chi connectivity index (χ1v) is 14.3. The fourth-order valence-corrected chi connectivity index (χ4v) is 8.81. The van der Waals surface area contributed by atoms with Gasteiger partial charge in [0.25, 0.3) is 0 Å². The van der Waals surface area contributed by atoms with Crippen molar-refractivity contribution in [2.24, 2.45) is 34.5 Å². The first-order valence-electron chi connectivity index (χ1n) is 10.8. The van der Waals surface area contributed by atoms with Crippen LogP contribution in [0.25, 0.3) is 0 Å². The highest BCUT2D eigenvalue weighted by Gasteiger charge is 2.60. The summed E-state index contributed by atoms with van der Waals surface area (Å²) in [5, 5.41) is 0. The Morgan fingerprint density at radius 2 is 1.72 bits per heavy atom. The predicted octanol–water partition coefficient (Wildman–Crippen LogP) is 5.82. The second-order valence-corrected chi connectivity index (χ2v) is 15.7. The molecule has 0 radical (unpaired) electrons. The monoisotopic (exact) mass is 362 g/mol. The Morgan fingerprint density at radius 1 is 0.960 bits per heavy atom. The van der Waals surface area contributed by atoms with E-state index in [4.69, 9.17) is 4.43 Å². The fourth-order valence-electron chi connectivity index (χ4n) is 7.60. The highest BCUT2D eigenvalue weighted by molar-refractivity contribution is 6.69. The highest BCUT2D eigenvalue weighted by atomic mass is 28.4. The third-order valence-electron chi connectivity index (χ3n) is 8.85. The second-order valence-electron chi connectivity index (χ2n) is 11.2. The Morgan fingerprint density at radius 3 is 2.44 bits per heavy atom. The molecular formula is C22H38O2Si. The molecule has 4 saturated carbocycles. The van der Waals surface area contributed by atoms with Gasteiger partial charge in [0.2, 0.25) is 0 Å². The van der Waals surface area contributed by atoms with Crippen molar-refractivity contribution in [2.75, 3.05) is 0 Å². The van der Waals surface area contributed by atoms with Gasteiger partial charge in [0, 0.05) is 17.9 Å². The number of hydrogen-bond donors (Lipinski definition) is 0. The summed E-state index contributed by atoms with van der Waals surface area (Å²) in [6, 6.07) is 0. The summed E-state index contributed by atoms with van der Waals surface area (Å²) < 4.78 is 6.50. The van der Waals surface area contributed by atoms with Gasteiger partial charge < -0.3 is 4.43 Å². The van der Waals surface area contributed by atoms with Crippen LogP contribution in [0.15, 0.2) is 0 Å². The Labute approximate surface area is 155 Å². The molecular weight excluding hydrogens is 324 g/mol. The van der Waals surface area contributed by atoms with Crippen molar-refractivity contribution in [3.05, 3.63) is 0 Å². The molecule has 0 aromatic rings. The maximum atomic E-state index is 12.5. The molecule has 4 aliphatic rings. The molecule has 0 aromatic carbocycles. The largest absolute Gasteiger partial charge is 0.415 e. The molecule has 4 aliphatic carbocycles. The Bertz CT molecular complexity index is 553. The lowest BCUT2D eigenvalue weighted by Crippen LogP contribution is -2.54. The zero-order valence-electron chi connectivity index (χ0n) is 17.1. The predicted molar refractivity (Wildman–Crippen MR) is 105 cm³/mol. The Kier molecular flexibility index (Phi) is 4.32. The van der Waals surface area contributed by atoms with Crippen molar-refractivity contribution in [1.82, 2.24) is 0 Å². The molecule has 4 rings (SSSR count). The smallest absolute Gasteiger partial charge is 0.184 e. The molecule has 142 valence electrons. The van der Waals surface area contributed by atoms with Crippen LogP contribution in [-0.2, 0) is 9.22 Å². The van der Waals surface area contributed by atoms with E-state index in [-0.39, 0.29) is 5.41 Å². The molecule has 7 atom stereocenters. The van der Waals surface area contributed by atoms with E-state index in [0.717, 1.165) is 30.6 Å². The quantitative estimate of drug-likeness (QED) is 0.579. The number of carbonyl (C=O) groups is 1. The SMILES string of the molecule is C[C@]12CC[C@H](O[Si](C)(C)C)C[C@@H]1CC[C@@H]1[C@@H]2CC[C@]2(C)C(=O)CC[C@@H]12. The summed E-state index contributed by atoms with van der Waals surface area (Å²) in [7, 11) is -1.43. The molecule has 0 amide bonds. The standard InChI is InChI=1S/C22H38O2Si/c1-21-12-10-16(24-25(3,4)5)14-15(21)6-7-17-18-8-9-20(23)22(18,2)13-11-19(17)21/h15-19H,6-14H2,1-5H3/t15-,16-,17-,18-,19-,21-,22-/m0/s1. The van der Waals surface area contributed by atoms with Crippen LogP contribution < -0.4 is 0 Å². The van der Waals surface area contributed by atoms with Gasteiger partial charge in [0.1, 0.15) is 5.78 Å². The minimum atomic E-state index is -1.43. The van der Waals surface area contributed by atoms with Gasteiger partial charge in [-0.1, -0.05) is 13.8 Å². The zero-order chi connectivity index (χ0) is 18.0. The van der Waals surface area contributed by atoms with Crippen LogP contribution in [0, 0.1) is 34.5 Å². The van der Waals surface area contributed by atoms with E-state index in [1.807, 2.05) is 0 Å². The molecule has 0 unspecified atom stereocenters. The van der Waals surface area contributed by atoms with Crippen LogP contribution in [0.5, 0.6) is 0 Å². The molecule has 25 heavy (non-hydrogen) atoms. The van der Waals surface area contributed by atoms with Gasteiger partial charge in [-0.3, -0.25) is 4.79 Å². The van der Waals surface area contributed by atoms with Crippen LogP contribution >= 0.6 is 0 Å². The van der Waals surface area contributed by atoms with Gasteiger partial charge in [-0.15, -0.1) is 0 Å². The molecule has 0 heterocycles. The minimum absolute atomic E-state index is 0.0303. The van der Waals surface area contributed by atoms with Crippen LogP contribution in [0.4, 0.5) is 0 Å². The van der Waals surface area contributed by atoms with E-state index in [2.05, 4.69) is 33.5 Å². The summed E-state index contributed by atoms with van der Waals surface area (Å²) in [4.78, 5) is 12.5. The minimum Gasteiger partial charge on any atom is -0.415 e. The fraction of sp³-hybridized carbons (Fsp3) is 0.955. The van der Waals surface area contributed by atoms with E-state index in [0.29, 0.717) is 23.2 Å². The lowest BCUT2D eigenvalue weighted by Gasteiger charge is -2.60. The zero-order valence-corrected chi connectivity index (χ0v) is 18.1. The van der Waals surface area contributed by atoms with Gasteiger partial charge >= 0.3 is 0 Å². The average Bonchev–Trinajstić information content (AvgIpc) is 2.82. The third-order valence-corrected chi connectivity index (χ3v) is 9.89. The summed E-state index contributed by atoms with van der Waals surface area (Å²) in [6.45, 7) is 11.9. The summed E-state index contributed by atoms with van der Waals surface area (Å²) >= 11 is 0. The molecule has 3 heteroatoms. The normalized spacial score (nSPS) is 50.1.